The topological polar surface area (TPSA) is 200 Å². The molecule has 3 aliphatic heterocycles. The van der Waals surface area contributed by atoms with Crippen molar-refractivity contribution in [2.45, 2.75) is 36.1 Å². The quantitative estimate of drug-likeness (QED) is 0.0452. The third-order valence-corrected chi connectivity index (χ3v) is 13.6. The van der Waals surface area contributed by atoms with E-state index in [1.54, 1.807) is 30.3 Å². The molecule has 350 valence electrons. The third kappa shape index (κ3) is 8.22. The van der Waals surface area contributed by atoms with Gasteiger partial charge in [0.1, 0.15) is 29.9 Å². The Morgan fingerprint density at radius 2 is 1.48 bits per heavy atom. The summed E-state index contributed by atoms with van der Waals surface area (Å²) < 4.78 is 27.7. The third-order valence-electron chi connectivity index (χ3n) is 12.7. The van der Waals surface area contributed by atoms with E-state index in [4.69, 9.17) is 23.7 Å². The molecule has 0 radical (unpaired) electrons. The van der Waals surface area contributed by atoms with Gasteiger partial charge in [0.05, 0.1) is 54.7 Å². The average molecular weight is 949 g/mol. The molecule has 0 saturated carbocycles. The van der Waals surface area contributed by atoms with E-state index in [-0.39, 0.29) is 47.3 Å². The number of methoxy groups -OCH3 is 3. The van der Waals surface area contributed by atoms with Gasteiger partial charge >= 0.3 is 24.0 Å². The Bertz CT molecular complexity index is 2980. The highest BCUT2D eigenvalue weighted by Crippen LogP contribution is 2.66. The molecule has 2 saturated heterocycles. The predicted octanol–water partition coefficient (Wildman–Crippen LogP) is 6.79. The first kappa shape index (κ1) is 46.2. The number of carbonyl (C=O) groups excluding carboxylic acids is 6. The normalized spacial score (nSPS) is 21.5. The molecular formula is C52H44N4O12S. The van der Waals surface area contributed by atoms with Crippen LogP contribution >= 0.6 is 11.3 Å². The smallest absolute Gasteiger partial charge is 0.421 e. The summed E-state index contributed by atoms with van der Waals surface area (Å²) in [6, 6.07) is 32.7. The minimum absolute atomic E-state index is 0.00307. The number of thiazole rings is 1. The van der Waals surface area contributed by atoms with E-state index in [1.807, 2.05) is 83.8 Å². The summed E-state index contributed by atoms with van der Waals surface area (Å²) >= 11 is 1.20. The lowest BCUT2D eigenvalue weighted by Crippen LogP contribution is -2.54. The first-order chi connectivity index (χ1) is 33.5. The van der Waals surface area contributed by atoms with E-state index in [9.17, 15) is 19.5 Å². The van der Waals surface area contributed by atoms with Gasteiger partial charge < -0.3 is 34.1 Å². The number of amides is 3. The largest absolute Gasteiger partial charge is 0.508 e. The summed E-state index contributed by atoms with van der Waals surface area (Å²) in [5, 5.41) is 13.9. The van der Waals surface area contributed by atoms with Crippen molar-refractivity contribution in [1.82, 2.24) is 9.88 Å². The first-order valence-electron chi connectivity index (χ1n) is 21.8. The molecule has 6 atom stereocenters. The molecule has 16 nitrogen and oxygen atoms in total. The van der Waals surface area contributed by atoms with Gasteiger partial charge in [-0.25, -0.2) is 14.7 Å². The number of phenols is 1. The fraction of sp³-hybridized carbons (Fsp3) is 0.250. The summed E-state index contributed by atoms with van der Waals surface area (Å²) in [4.78, 5) is 94.5. The van der Waals surface area contributed by atoms with E-state index >= 15 is 14.4 Å². The van der Waals surface area contributed by atoms with Crippen LogP contribution in [0.2, 0.25) is 0 Å². The molecule has 2 fully saturated rings. The average Bonchev–Trinajstić information content (AvgIpc) is 4.01. The van der Waals surface area contributed by atoms with E-state index < -0.39 is 77.3 Å². The summed E-state index contributed by atoms with van der Waals surface area (Å²) in [5.74, 6) is -1.48. The maximum absolute atomic E-state index is 16.3. The number of rotatable bonds is 11. The molecule has 0 bridgehead atoms. The van der Waals surface area contributed by atoms with Crippen LogP contribution in [0.4, 0.5) is 15.6 Å². The minimum atomic E-state index is -2.19. The zero-order valence-electron chi connectivity index (χ0n) is 37.4. The van der Waals surface area contributed by atoms with Crippen LogP contribution in [0.1, 0.15) is 52.4 Å². The van der Waals surface area contributed by atoms with Crippen molar-refractivity contribution in [3.63, 3.8) is 0 Å². The van der Waals surface area contributed by atoms with Crippen molar-refractivity contribution in [3.05, 3.63) is 155 Å². The lowest BCUT2D eigenvalue weighted by atomic mass is 9.65. The number of aromatic nitrogens is 1. The number of aromatic hydroxyl groups is 1. The Morgan fingerprint density at radius 1 is 0.812 bits per heavy atom. The maximum Gasteiger partial charge on any atom is 0.421 e. The lowest BCUT2D eigenvalue weighted by Gasteiger charge is -2.46. The number of morpholine rings is 1. The molecule has 3 aliphatic rings. The number of phenolic OH excluding ortho intramolecular Hbond substituents is 1. The zero-order valence-corrected chi connectivity index (χ0v) is 38.2. The van der Waals surface area contributed by atoms with Gasteiger partial charge in [0, 0.05) is 19.1 Å². The second kappa shape index (κ2) is 19.4. The van der Waals surface area contributed by atoms with Crippen LogP contribution in [0.3, 0.4) is 0 Å². The molecule has 5 aromatic carbocycles. The van der Waals surface area contributed by atoms with Crippen LogP contribution in [0.5, 0.6) is 5.75 Å². The number of cyclic esters (lactones) is 1. The van der Waals surface area contributed by atoms with Gasteiger partial charge in [-0.05, 0) is 64.7 Å². The number of carbonyl (C=O) groups is 6. The fourth-order valence-electron chi connectivity index (χ4n) is 9.81. The van der Waals surface area contributed by atoms with Crippen molar-refractivity contribution in [2.75, 3.05) is 44.8 Å². The lowest BCUT2D eigenvalue weighted by molar-refractivity contribution is -0.178. The SMILES string of the molecule is COCCOC(=O)N1C(=O)C2(c3cc(C#CCC(C(=O)OC)C(=O)OC)ccc31)C(C(=O)Nc1nc3ccccc3s1)C1C(=O)OC(c3ccccc3)C(c3ccccc3)N1C2c1ccc(O)cc1. The highest BCUT2D eigenvalue weighted by atomic mass is 32.1. The molecule has 9 rings (SSSR count). The van der Waals surface area contributed by atoms with E-state index in [0.29, 0.717) is 22.2 Å². The maximum atomic E-state index is 16.3. The number of hydrogen-bond donors (Lipinski definition) is 2. The number of nitrogens with one attached hydrogen (secondary N) is 1. The van der Waals surface area contributed by atoms with Crippen LogP contribution in [-0.4, -0.2) is 91.4 Å². The van der Waals surface area contributed by atoms with Crippen molar-refractivity contribution in [3.8, 4) is 17.6 Å². The first-order valence-corrected chi connectivity index (χ1v) is 22.7. The number of esters is 3. The Labute approximate surface area is 399 Å². The predicted molar refractivity (Wildman–Crippen MR) is 251 cm³/mol. The highest BCUT2D eigenvalue weighted by Gasteiger charge is 2.76. The second-order valence-corrected chi connectivity index (χ2v) is 17.4. The highest BCUT2D eigenvalue weighted by molar-refractivity contribution is 7.22. The molecular weight excluding hydrogens is 905 g/mol. The van der Waals surface area contributed by atoms with Crippen molar-refractivity contribution < 1.29 is 57.6 Å². The Morgan fingerprint density at radius 3 is 2.14 bits per heavy atom. The molecule has 1 spiro atoms. The van der Waals surface area contributed by atoms with Crippen LogP contribution in [0.25, 0.3) is 10.2 Å². The molecule has 69 heavy (non-hydrogen) atoms. The van der Waals surface area contributed by atoms with Crippen LogP contribution in [-0.2, 0) is 53.1 Å². The van der Waals surface area contributed by atoms with Gasteiger partial charge in [0.25, 0.3) is 0 Å². The van der Waals surface area contributed by atoms with Gasteiger partial charge in [-0.2, -0.15) is 0 Å². The number of benzene rings is 5. The van der Waals surface area contributed by atoms with Gasteiger partial charge in [-0.3, -0.25) is 28.9 Å². The Kier molecular flexibility index (Phi) is 13.0. The zero-order chi connectivity index (χ0) is 48.4. The molecule has 3 amide bonds. The van der Waals surface area contributed by atoms with E-state index in [0.717, 1.165) is 23.8 Å². The molecule has 1 aromatic heterocycles. The monoisotopic (exact) mass is 948 g/mol. The number of anilines is 2. The summed E-state index contributed by atoms with van der Waals surface area (Å²) in [7, 11) is 3.70. The second-order valence-electron chi connectivity index (χ2n) is 16.4. The molecule has 0 aliphatic carbocycles. The summed E-state index contributed by atoms with van der Waals surface area (Å²) in [5.41, 5.74) is 0.569. The summed E-state index contributed by atoms with van der Waals surface area (Å²) in [6.07, 6.45) is -2.36. The van der Waals surface area contributed by atoms with Crippen LogP contribution < -0.4 is 10.2 Å². The number of hydrogen-bond acceptors (Lipinski definition) is 15. The van der Waals surface area contributed by atoms with E-state index in [2.05, 4.69) is 22.1 Å². The number of imide groups is 1. The van der Waals surface area contributed by atoms with Crippen molar-refractivity contribution in [1.29, 1.82) is 0 Å². The molecule has 4 heterocycles. The van der Waals surface area contributed by atoms with Crippen LogP contribution in [0.15, 0.2) is 127 Å². The van der Waals surface area contributed by atoms with Gasteiger partial charge in [-0.15, -0.1) is 0 Å². The standard InChI is InChI=1S/C52H44N4O12S/c1-64-27-28-67-51(63)55-38-26-21-30(13-12-18-35(46(59)65-2)47(60)66-3)29-36(38)52(49(55)62)40(45(58)54-50-53-37-19-10-11-20-39(37)69-50)42-48(61)68-43(32-16-8-5-9-17-32)41(31-14-6-4-7-15-31)56(42)44(52)33-22-24-34(57)25-23-33/h4-11,14-17,19-26,29,35,40-44,57H,18,27-28H2,1-3H3,(H,53,54,58). The number of para-hydroxylation sites is 1. The molecule has 17 heteroatoms. The number of ether oxygens (including phenoxy) is 5. The fourth-order valence-corrected chi connectivity index (χ4v) is 10.7. The molecule has 6 aromatic rings. The minimum Gasteiger partial charge on any atom is -0.508 e. The van der Waals surface area contributed by atoms with Crippen LogP contribution in [0, 0.1) is 23.7 Å². The van der Waals surface area contributed by atoms with Gasteiger partial charge in [-0.1, -0.05) is 108 Å². The van der Waals surface area contributed by atoms with Crippen molar-refractivity contribution in [2.24, 2.45) is 11.8 Å². The summed E-state index contributed by atoms with van der Waals surface area (Å²) in [6.45, 7) is -0.228. The van der Waals surface area contributed by atoms with E-state index in [1.165, 1.54) is 36.6 Å². The van der Waals surface area contributed by atoms with Gasteiger partial charge in [0.15, 0.2) is 11.0 Å². The molecule has 6 unspecified atom stereocenters. The van der Waals surface area contributed by atoms with Gasteiger partial charge in [0.2, 0.25) is 11.8 Å². The van der Waals surface area contributed by atoms with Crippen molar-refractivity contribution >= 4 is 68.2 Å². The Hall–Kier alpha value is -7.91. The Balaban J connectivity index is 1.33. The number of fused-ring (bicyclic) bond motifs is 4. The molecule has 2 N–H and O–H groups in total. The number of nitrogens with zero attached hydrogens (tertiary/aromatic N) is 3.